The Morgan fingerprint density at radius 3 is 2.35 bits per heavy atom. The van der Waals surface area contributed by atoms with Gasteiger partial charge in [0, 0.05) is 6.42 Å². The van der Waals surface area contributed by atoms with E-state index in [0.717, 1.165) is 6.92 Å². The fraction of sp³-hybridized carbons (Fsp3) is 0.833. The highest BCUT2D eigenvalue weighted by Gasteiger charge is 2.54. The van der Waals surface area contributed by atoms with Crippen molar-refractivity contribution in [3.63, 3.8) is 0 Å². The normalized spacial score (nSPS) is 35.2. The van der Waals surface area contributed by atoms with Crippen molar-refractivity contribution < 1.29 is 50.1 Å². The predicted octanol–water partition coefficient (Wildman–Crippen LogP) is -4.51. The molecular formula is C12H21NO10. The van der Waals surface area contributed by atoms with Gasteiger partial charge in [0.1, 0.15) is 24.4 Å². The number of carboxylic acid groups (broad SMARTS) is 1. The smallest absolute Gasteiger partial charge is 0.364 e. The first-order chi connectivity index (χ1) is 10.5. The van der Waals surface area contributed by atoms with Gasteiger partial charge in [-0.2, -0.15) is 0 Å². The Balaban J connectivity index is 3.09. The van der Waals surface area contributed by atoms with Gasteiger partial charge in [-0.25, -0.2) is 4.79 Å². The molecule has 0 saturated carbocycles. The fourth-order valence-corrected chi connectivity index (χ4v) is 2.19. The van der Waals surface area contributed by atoms with Crippen molar-refractivity contribution in [2.24, 2.45) is 0 Å². The maximum absolute atomic E-state index is 11.6. The summed E-state index contributed by atoms with van der Waals surface area (Å²) in [5, 5.41) is 68.4. The third-order valence-electron chi connectivity index (χ3n) is 3.53. The van der Waals surface area contributed by atoms with E-state index in [4.69, 9.17) is 14.9 Å². The second kappa shape index (κ2) is 7.49. The van der Waals surface area contributed by atoms with Crippen molar-refractivity contribution in [1.29, 1.82) is 0 Å². The maximum Gasteiger partial charge on any atom is 0.364 e. The number of hydrogen-bond acceptors (Lipinski definition) is 9. The minimum absolute atomic E-state index is 0.828. The number of hydrogen-bond donors (Lipinski definition) is 8. The first-order valence-corrected chi connectivity index (χ1v) is 6.80. The molecule has 0 radical (unpaired) electrons. The third-order valence-corrected chi connectivity index (χ3v) is 3.53. The van der Waals surface area contributed by atoms with Crippen LogP contribution in [-0.4, -0.2) is 96.6 Å². The number of rotatable bonds is 6. The van der Waals surface area contributed by atoms with Crippen LogP contribution in [-0.2, 0) is 14.3 Å². The van der Waals surface area contributed by atoms with Crippen LogP contribution in [0.25, 0.3) is 0 Å². The van der Waals surface area contributed by atoms with E-state index in [9.17, 15) is 35.1 Å². The predicted molar refractivity (Wildman–Crippen MR) is 70.8 cm³/mol. The average molecular weight is 339 g/mol. The second-order valence-electron chi connectivity index (χ2n) is 5.39. The molecule has 1 amide bonds. The van der Waals surface area contributed by atoms with Crippen molar-refractivity contribution in [3.8, 4) is 0 Å². The Kier molecular flexibility index (Phi) is 6.41. The molecule has 11 nitrogen and oxygen atoms in total. The number of nitrogens with one attached hydrogen (secondary N) is 1. The summed E-state index contributed by atoms with van der Waals surface area (Å²) in [5.41, 5.74) is 0. The lowest BCUT2D eigenvalue weighted by Crippen LogP contribution is -2.67. The lowest BCUT2D eigenvalue weighted by atomic mass is 9.88. The molecule has 0 aromatic rings. The van der Waals surface area contributed by atoms with E-state index < -0.39 is 67.3 Å². The maximum atomic E-state index is 11.6. The van der Waals surface area contributed by atoms with Gasteiger partial charge in [-0.3, -0.25) is 4.79 Å². The Morgan fingerprint density at radius 1 is 1.35 bits per heavy atom. The number of aliphatic hydroxyl groups excluding tert-OH is 5. The highest BCUT2D eigenvalue weighted by Crippen LogP contribution is 2.30. The number of aliphatic carboxylic acids is 1. The van der Waals surface area contributed by atoms with Crippen LogP contribution in [0.3, 0.4) is 0 Å². The molecule has 1 saturated heterocycles. The Bertz CT molecular complexity index is 444. The topological polar surface area (TPSA) is 197 Å². The molecule has 0 bridgehead atoms. The van der Waals surface area contributed by atoms with E-state index in [2.05, 4.69) is 5.32 Å². The van der Waals surface area contributed by atoms with Gasteiger partial charge in [0.15, 0.2) is 0 Å². The minimum atomic E-state index is -2.85. The van der Waals surface area contributed by atoms with Crippen molar-refractivity contribution >= 4 is 11.9 Å². The van der Waals surface area contributed by atoms with Crippen LogP contribution in [0.4, 0.5) is 0 Å². The fourth-order valence-electron chi connectivity index (χ4n) is 2.19. The van der Waals surface area contributed by atoms with Gasteiger partial charge in [-0.15, -0.1) is 0 Å². The largest absolute Gasteiger partial charge is 0.477 e. The highest BCUT2D eigenvalue weighted by atomic mass is 16.7. The molecule has 2 unspecified atom stereocenters. The van der Waals surface area contributed by atoms with E-state index in [-0.39, 0.29) is 0 Å². The van der Waals surface area contributed by atoms with E-state index in [1.54, 1.807) is 0 Å². The molecule has 11 heteroatoms. The molecule has 0 spiro atoms. The molecule has 0 aromatic heterocycles. The molecular weight excluding hydrogens is 318 g/mol. The Hall–Kier alpha value is -1.34. The molecule has 1 heterocycles. The first-order valence-electron chi connectivity index (χ1n) is 6.80. The van der Waals surface area contributed by atoms with Gasteiger partial charge in [0.25, 0.3) is 5.79 Å². The van der Waals surface area contributed by atoms with Crippen molar-refractivity contribution in [1.82, 2.24) is 5.32 Å². The van der Waals surface area contributed by atoms with Crippen LogP contribution in [0.15, 0.2) is 0 Å². The van der Waals surface area contributed by atoms with Gasteiger partial charge in [0.05, 0.1) is 18.8 Å². The summed E-state index contributed by atoms with van der Waals surface area (Å²) < 4.78 is 4.86. The van der Waals surface area contributed by atoms with Gasteiger partial charge >= 0.3 is 5.97 Å². The lowest BCUT2D eigenvalue weighted by Gasteiger charge is -2.44. The van der Waals surface area contributed by atoms with Crippen LogP contribution in [0.2, 0.25) is 0 Å². The minimum Gasteiger partial charge on any atom is -0.477 e. The van der Waals surface area contributed by atoms with E-state index >= 15 is 0 Å². The zero-order chi connectivity index (χ0) is 17.9. The number of aliphatic hydroxyl groups is 6. The average Bonchev–Trinajstić information content (AvgIpc) is 2.47. The van der Waals surface area contributed by atoms with Crippen LogP contribution in [0, 0.1) is 0 Å². The van der Waals surface area contributed by atoms with E-state index in [1.807, 2.05) is 0 Å². The molecule has 0 aliphatic carbocycles. The summed E-state index contributed by atoms with van der Waals surface area (Å²) in [6.07, 6.45) is -9.44. The lowest BCUT2D eigenvalue weighted by molar-refractivity contribution is -0.295. The van der Waals surface area contributed by atoms with Crippen molar-refractivity contribution in [3.05, 3.63) is 0 Å². The van der Waals surface area contributed by atoms with Crippen LogP contribution >= 0.6 is 0 Å². The molecule has 0 aromatic carbocycles. The highest BCUT2D eigenvalue weighted by molar-refractivity contribution is 5.80. The molecule has 134 valence electrons. The number of carboxylic acids is 1. The molecule has 1 rings (SSSR count). The Morgan fingerprint density at radius 2 is 1.91 bits per heavy atom. The van der Waals surface area contributed by atoms with Crippen LogP contribution in [0.1, 0.15) is 13.3 Å². The monoisotopic (exact) mass is 339 g/mol. The van der Waals surface area contributed by atoms with Gasteiger partial charge in [-0.05, 0) is 6.92 Å². The van der Waals surface area contributed by atoms with E-state index in [0.29, 0.717) is 0 Å². The summed E-state index contributed by atoms with van der Waals surface area (Å²) in [6.45, 7) is 0.215. The molecule has 23 heavy (non-hydrogen) atoms. The van der Waals surface area contributed by atoms with Crippen LogP contribution < -0.4 is 5.32 Å². The zero-order valence-corrected chi connectivity index (χ0v) is 12.2. The number of amides is 1. The summed E-state index contributed by atoms with van der Waals surface area (Å²) in [5.74, 6) is -5.65. The quantitative estimate of drug-likeness (QED) is 0.233. The molecule has 1 fully saturated rings. The molecule has 1 aliphatic rings. The SMILES string of the molecule is CC(O)C(=O)N[C@H]1[C@H]([C@H](O)[C@H](O)CO)OC(O)(C(=O)O)C[C@@H]1O. The van der Waals surface area contributed by atoms with Gasteiger partial charge in [0.2, 0.25) is 5.91 Å². The number of carbonyl (C=O) groups is 2. The van der Waals surface area contributed by atoms with E-state index in [1.165, 1.54) is 0 Å². The third kappa shape index (κ3) is 4.35. The summed E-state index contributed by atoms with van der Waals surface area (Å²) >= 11 is 0. The molecule has 1 aliphatic heterocycles. The summed E-state index contributed by atoms with van der Waals surface area (Å²) in [7, 11) is 0. The van der Waals surface area contributed by atoms with Gasteiger partial charge < -0.3 is 45.8 Å². The van der Waals surface area contributed by atoms with Crippen molar-refractivity contribution in [2.75, 3.05) is 6.61 Å². The standard InChI is InChI=1S/C12H21NO10/c1-4(15)10(19)13-7-5(16)2-12(22,11(20)21)23-9(7)8(18)6(17)3-14/h4-9,14-18,22H,2-3H2,1H3,(H,13,19)(H,20,21)/t4?,5-,6+,7+,8+,9+,12?/m0/s1. The van der Waals surface area contributed by atoms with Crippen LogP contribution in [0.5, 0.6) is 0 Å². The van der Waals surface area contributed by atoms with Crippen molar-refractivity contribution in [2.45, 2.75) is 55.7 Å². The number of ether oxygens (including phenoxy) is 1. The van der Waals surface area contributed by atoms with Gasteiger partial charge in [-0.1, -0.05) is 0 Å². The second-order valence-corrected chi connectivity index (χ2v) is 5.39. The molecule has 8 N–H and O–H groups in total. The summed E-state index contributed by atoms with van der Waals surface area (Å²) in [4.78, 5) is 22.6. The molecule has 7 atom stereocenters. The summed E-state index contributed by atoms with van der Waals surface area (Å²) in [6, 6.07) is -1.44. The number of carbonyl (C=O) groups excluding carboxylic acids is 1. The Labute approximate surface area is 130 Å². The zero-order valence-electron chi connectivity index (χ0n) is 12.2. The first kappa shape index (κ1) is 19.7.